The zero-order valence-electron chi connectivity index (χ0n) is 11.3. The number of ether oxygens (including phenoxy) is 1. The second-order valence-electron chi connectivity index (χ2n) is 4.44. The number of rotatable bonds is 5. The smallest absolute Gasteiger partial charge is 0.352 e. The number of hydrogen-bond acceptors (Lipinski definition) is 3. The molecule has 0 bridgehead atoms. The number of aromatic carboxylic acids is 1. The Morgan fingerprint density at radius 3 is 2.65 bits per heavy atom. The van der Waals surface area contributed by atoms with Gasteiger partial charge >= 0.3 is 5.97 Å². The van der Waals surface area contributed by atoms with Crippen LogP contribution in [0.4, 0.5) is 0 Å². The Morgan fingerprint density at radius 1 is 1.40 bits per heavy atom. The third kappa shape index (κ3) is 2.32. The molecule has 0 aliphatic rings. The highest BCUT2D eigenvalue weighted by molar-refractivity contribution is 5.99. The van der Waals surface area contributed by atoms with Gasteiger partial charge < -0.3 is 20.1 Å². The predicted molar refractivity (Wildman–Crippen MR) is 74.0 cm³/mol. The van der Waals surface area contributed by atoms with Crippen molar-refractivity contribution in [2.24, 2.45) is 5.73 Å². The first-order valence-electron chi connectivity index (χ1n) is 6.23. The average Bonchev–Trinajstić information content (AvgIpc) is 2.62. The van der Waals surface area contributed by atoms with E-state index in [2.05, 4.69) is 0 Å². The second kappa shape index (κ2) is 5.24. The summed E-state index contributed by atoms with van der Waals surface area (Å²) in [4.78, 5) is 22.5. The van der Waals surface area contributed by atoms with Crippen molar-refractivity contribution in [3.63, 3.8) is 0 Å². The molecule has 3 N–H and O–H groups in total. The van der Waals surface area contributed by atoms with Crippen LogP contribution in [0.25, 0.3) is 10.9 Å². The molecule has 0 atom stereocenters. The first-order valence-corrected chi connectivity index (χ1v) is 6.23. The number of hydrogen-bond donors (Lipinski definition) is 2. The lowest BCUT2D eigenvalue weighted by molar-refractivity contribution is -0.118. The zero-order valence-corrected chi connectivity index (χ0v) is 11.3. The molecule has 2 aromatic rings. The number of aryl methyl sites for hydroxylation is 1. The molecule has 6 nitrogen and oxygen atoms in total. The van der Waals surface area contributed by atoms with Crippen LogP contribution >= 0.6 is 0 Å². The molecule has 20 heavy (non-hydrogen) atoms. The Balaban J connectivity index is 2.71. The van der Waals surface area contributed by atoms with Gasteiger partial charge in [0.25, 0.3) is 0 Å². The van der Waals surface area contributed by atoms with Gasteiger partial charge in [-0.05, 0) is 37.6 Å². The van der Waals surface area contributed by atoms with E-state index in [0.29, 0.717) is 23.4 Å². The fourth-order valence-electron chi connectivity index (χ4n) is 2.35. The number of primary amides is 1. The van der Waals surface area contributed by atoms with Gasteiger partial charge in [0.15, 0.2) is 0 Å². The first kappa shape index (κ1) is 13.9. The van der Waals surface area contributed by atoms with Gasteiger partial charge in [-0.25, -0.2) is 4.79 Å². The molecule has 1 heterocycles. The summed E-state index contributed by atoms with van der Waals surface area (Å²) in [7, 11) is 0. The Morgan fingerprint density at radius 2 is 2.10 bits per heavy atom. The average molecular weight is 276 g/mol. The number of nitrogens with zero attached hydrogens (tertiary/aromatic N) is 1. The SMILES string of the molecule is CCOc1ccc2c(c1)c(C)c(C(=O)O)n2CC(N)=O. The van der Waals surface area contributed by atoms with Crippen LogP contribution in [0, 0.1) is 6.92 Å². The molecule has 0 saturated carbocycles. The lowest BCUT2D eigenvalue weighted by Gasteiger charge is -2.06. The number of carboxylic acid groups (broad SMARTS) is 1. The van der Waals surface area contributed by atoms with E-state index in [1.165, 1.54) is 4.57 Å². The monoisotopic (exact) mass is 276 g/mol. The van der Waals surface area contributed by atoms with Crippen LogP contribution in [0.5, 0.6) is 5.75 Å². The van der Waals surface area contributed by atoms with E-state index in [1.54, 1.807) is 25.1 Å². The Bertz CT molecular complexity index is 688. The number of aromatic nitrogens is 1. The van der Waals surface area contributed by atoms with E-state index < -0.39 is 11.9 Å². The molecular formula is C14H16N2O4. The molecule has 0 saturated heterocycles. The number of amides is 1. The number of benzene rings is 1. The molecule has 2 rings (SSSR count). The summed E-state index contributed by atoms with van der Waals surface area (Å²) in [5.74, 6) is -1.01. The van der Waals surface area contributed by atoms with E-state index >= 15 is 0 Å². The third-order valence-corrected chi connectivity index (χ3v) is 3.12. The lowest BCUT2D eigenvalue weighted by atomic mass is 10.1. The maximum Gasteiger partial charge on any atom is 0.352 e. The summed E-state index contributed by atoms with van der Waals surface area (Å²) in [6.45, 7) is 3.94. The van der Waals surface area contributed by atoms with Crippen LogP contribution < -0.4 is 10.5 Å². The summed E-state index contributed by atoms with van der Waals surface area (Å²) in [6.07, 6.45) is 0. The fourth-order valence-corrected chi connectivity index (χ4v) is 2.35. The summed E-state index contributed by atoms with van der Waals surface area (Å²) in [5, 5.41) is 10.1. The molecule has 0 radical (unpaired) electrons. The van der Waals surface area contributed by atoms with Gasteiger partial charge in [0, 0.05) is 10.9 Å². The van der Waals surface area contributed by atoms with Crippen LogP contribution in [-0.4, -0.2) is 28.2 Å². The minimum atomic E-state index is -1.09. The van der Waals surface area contributed by atoms with Crippen molar-refractivity contribution < 1.29 is 19.4 Å². The minimum Gasteiger partial charge on any atom is -0.494 e. The summed E-state index contributed by atoms with van der Waals surface area (Å²) < 4.78 is 6.83. The largest absolute Gasteiger partial charge is 0.494 e. The zero-order chi connectivity index (χ0) is 14.9. The van der Waals surface area contributed by atoms with Gasteiger partial charge in [0.2, 0.25) is 5.91 Å². The van der Waals surface area contributed by atoms with Gasteiger partial charge in [-0.1, -0.05) is 0 Å². The van der Waals surface area contributed by atoms with Gasteiger partial charge in [-0.2, -0.15) is 0 Å². The number of carboxylic acids is 1. The fraction of sp³-hybridized carbons (Fsp3) is 0.286. The van der Waals surface area contributed by atoms with Crippen LogP contribution in [0.2, 0.25) is 0 Å². The van der Waals surface area contributed by atoms with Crippen LogP contribution in [0.3, 0.4) is 0 Å². The molecule has 0 fully saturated rings. The van der Waals surface area contributed by atoms with E-state index in [-0.39, 0.29) is 12.2 Å². The first-order chi connectivity index (χ1) is 9.45. The maximum atomic E-state index is 11.4. The highest BCUT2D eigenvalue weighted by atomic mass is 16.5. The van der Waals surface area contributed by atoms with Crippen LogP contribution in [-0.2, 0) is 11.3 Å². The Hall–Kier alpha value is -2.50. The summed E-state index contributed by atoms with van der Waals surface area (Å²) >= 11 is 0. The van der Waals surface area contributed by atoms with Gasteiger partial charge in [-0.3, -0.25) is 4.79 Å². The molecule has 0 aliphatic heterocycles. The predicted octanol–water partition coefficient (Wildman–Crippen LogP) is 1.53. The number of fused-ring (bicyclic) bond motifs is 1. The highest BCUT2D eigenvalue weighted by Crippen LogP contribution is 2.29. The number of nitrogens with two attached hydrogens (primary N) is 1. The van der Waals surface area contributed by atoms with Crippen molar-refractivity contribution in [1.29, 1.82) is 0 Å². The number of carbonyl (C=O) groups excluding carboxylic acids is 1. The van der Waals surface area contributed by atoms with Crippen molar-refractivity contribution in [3.8, 4) is 5.75 Å². The quantitative estimate of drug-likeness (QED) is 0.865. The van der Waals surface area contributed by atoms with Gasteiger partial charge in [-0.15, -0.1) is 0 Å². The van der Waals surface area contributed by atoms with Crippen molar-refractivity contribution in [3.05, 3.63) is 29.5 Å². The standard InChI is InChI=1S/C14H16N2O4/c1-3-20-9-4-5-11-10(6-9)8(2)13(14(18)19)16(11)7-12(15)17/h4-6H,3,7H2,1-2H3,(H2,15,17)(H,18,19). The van der Waals surface area contributed by atoms with E-state index in [0.717, 1.165) is 5.39 Å². The molecule has 1 amide bonds. The molecule has 0 aliphatic carbocycles. The molecule has 0 unspecified atom stereocenters. The third-order valence-electron chi connectivity index (χ3n) is 3.12. The van der Waals surface area contributed by atoms with Crippen LogP contribution in [0.1, 0.15) is 23.0 Å². The molecule has 106 valence electrons. The summed E-state index contributed by atoms with van der Waals surface area (Å²) in [6, 6.07) is 5.26. The van der Waals surface area contributed by atoms with Crippen LogP contribution in [0.15, 0.2) is 18.2 Å². The van der Waals surface area contributed by atoms with Crippen molar-refractivity contribution >= 4 is 22.8 Å². The maximum absolute atomic E-state index is 11.4. The Kier molecular flexibility index (Phi) is 3.65. The van der Waals surface area contributed by atoms with Crippen molar-refractivity contribution in [2.45, 2.75) is 20.4 Å². The normalized spacial score (nSPS) is 10.7. The van der Waals surface area contributed by atoms with Gasteiger partial charge in [0.1, 0.15) is 18.0 Å². The molecule has 1 aromatic carbocycles. The minimum absolute atomic E-state index is 0.0763. The summed E-state index contributed by atoms with van der Waals surface area (Å²) in [5.41, 5.74) is 6.52. The highest BCUT2D eigenvalue weighted by Gasteiger charge is 2.20. The molecule has 0 spiro atoms. The molecule has 6 heteroatoms. The lowest BCUT2D eigenvalue weighted by Crippen LogP contribution is -2.21. The van der Waals surface area contributed by atoms with Crippen molar-refractivity contribution in [1.82, 2.24) is 4.57 Å². The molecule has 1 aromatic heterocycles. The van der Waals surface area contributed by atoms with E-state index in [9.17, 15) is 14.7 Å². The van der Waals surface area contributed by atoms with Gasteiger partial charge in [0.05, 0.1) is 6.61 Å². The number of carbonyl (C=O) groups is 2. The topological polar surface area (TPSA) is 94.6 Å². The molecular weight excluding hydrogens is 260 g/mol. The Labute approximate surface area is 115 Å². The van der Waals surface area contributed by atoms with E-state index in [1.807, 2.05) is 6.92 Å². The second-order valence-corrected chi connectivity index (χ2v) is 4.44. The van der Waals surface area contributed by atoms with E-state index in [4.69, 9.17) is 10.5 Å². The van der Waals surface area contributed by atoms with Crippen molar-refractivity contribution in [2.75, 3.05) is 6.61 Å².